The minimum atomic E-state index is 0.635. The lowest BCUT2D eigenvalue weighted by Crippen LogP contribution is -2.47. The molecule has 1 aromatic carbocycles. The van der Waals surface area contributed by atoms with Crippen LogP contribution in [0.15, 0.2) is 35.3 Å². The molecule has 0 amide bonds. The van der Waals surface area contributed by atoms with Crippen molar-refractivity contribution in [2.24, 2.45) is 10.9 Å². The minimum Gasteiger partial charge on any atom is -0.384 e. The first-order valence-corrected chi connectivity index (χ1v) is 10.7. The fourth-order valence-electron chi connectivity index (χ4n) is 4.24. The molecule has 1 atom stereocenters. The highest BCUT2D eigenvalue weighted by Gasteiger charge is 2.24. The molecule has 6 nitrogen and oxygen atoms in total. The summed E-state index contributed by atoms with van der Waals surface area (Å²) in [6.45, 7) is 10.9. The molecule has 0 spiro atoms. The van der Waals surface area contributed by atoms with Gasteiger partial charge in [-0.2, -0.15) is 0 Å². The van der Waals surface area contributed by atoms with E-state index in [1.807, 2.05) is 7.05 Å². The molecule has 2 aliphatic rings. The molecule has 28 heavy (non-hydrogen) atoms. The number of ether oxygens (including phenoxy) is 1. The van der Waals surface area contributed by atoms with Crippen molar-refractivity contribution in [1.82, 2.24) is 20.0 Å². The van der Waals surface area contributed by atoms with Gasteiger partial charge in [0.05, 0.1) is 6.61 Å². The van der Waals surface area contributed by atoms with Crippen LogP contribution < -0.4 is 5.32 Å². The van der Waals surface area contributed by atoms with Crippen LogP contribution in [0.25, 0.3) is 0 Å². The van der Waals surface area contributed by atoms with Crippen molar-refractivity contribution in [3.63, 3.8) is 0 Å². The predicted molar refractivity (Wildman–Crippen MR) is 116 cm³/mol. The predicted octanol–water partition coefficient (Wildman–Crippen LogP) is 1.74. The third-order valence-electron chi connectivity index (χ3n) is 5.85. The summed E-state index contributed by atoms with van der Waals surface area (Å²) in [7, 11) is 3.68. The van der Waals surface area contributed by atoms with Gasteiger partial charge >= 0.3 is 0 Å². The van der Waals surface area contributed by atoms with Gasteiger partial charge in [-0.3, -0.25) is 9.89 Å². The molecule has 1 unspecified atom stereocenters. The summed E-state index contributed by atoms with van der Waals surface area (Å²) in [5.74, 6) is 1.68. The second-order valence-electron chi connectivity index (χ2n) is 7.99. The van der Waals surface area contributed by atoms with E-state index in [4.69, 9.17) is 4.74 Å². The first kappa shape index (κ1) is 21.1. The SMILES string of the molecule is CN=C(NCCCN1CCN(Cc2ccccc2)CC1)N1CCC(COC)C1. The summed E-state index contributed by atoms with van der Waals surface area (Å²) < 4.78 is 5.30. The number of aliphatic imine (C=N–C) groups is 1. The number of hydrogen-bond acceptors (Lipinski definition) is 4. The second kappa shape index (κ2) is 11.4. The molecule has 0 saturated carbocycles. The van der Waals surface area contributed by atoms with Crippen molar-refractivity contribution >= 4 is 5.96 Å². The monoisotopic (exact) mass is 387 g/mol. The Kier molecular flexibility index (Phi) is 8.58. The van der Waals surface area contributed by atoms with Crippen LogP contribution in [-0.4, -0.2) is 93.8 Å². The maximum Gasteiger partial charge on any atom is 0.193 e. The lowest BCUT2D eigenvalue weighted by molar-refractivity contribution is 0.126. The van der Waals surface area contributed by atoms with E-state index in [0.29, 0.717) is 5.92 Å². The van der Waals surface area contributed by atoms with E-state index >= 15 is 0 Å². The summed E-state index contributed by atoms with van der Waals surface area (Å²) in [6.07, 6.45) is 2.36. The average Bonchev–Trinajstić information content (AvgIpc) is 3.19. The first-order chi connectivity index (χ1) is 13.8. The van der Waals surface area contributed by atoms with E-state index in [1.54, 1.807) is 7.11 Å². The number of methoxy groups -OCH3 is 1. The number of hydrogen-bond donors (Lipinski definition) is 1. The van der Waals surface area contributed by atoms with E-state index in [-0.39, 0.29) is 0 Å². The smallest absolute Gasteiger partial charge is 0.193 e. The zero-order chi connectivity index (χ0) is 19.6. The van der Waals surface area contributed by atoms with Crippen LogP contribution in [0.2, 0.25) is 0 Å². The Morgan fingerprint density at radius 1 is 1.11 bits per heavy atom. The average molecular weight is 388 g/mol. The number of rotatable bonds is 8. The largest absolute Gasteiger partial charge is 0.384 e. The molecule has 0 aliphatic carbocycles. The zero-order valence-electron chi connectivity index (χ0n) is 17.6. The maximum atomic E-state index is 5.30. The summed E-state index contributed by atoms with van der Waals surface area (Å²) in [4.78, 5) is 12.0. The Labute approximate surface area is 170 Å². The van der Waals surface area contributed by atoms with Gasteiger partial charge in [0.25, 0.3) is 0 Å². The van der Waals surface area contributed by atoms with Crippen LogP contribution >= 0.6 is 0 Å². The van der Waals surface area contributed by atoms with E-state index in [2.05, 4.69) is 55.3 Å². The molecule has 0 bridgehead atoms. The van der Waals surface area contributed by atoms with Gasteiger partial charge in [-0.25, -0.2) is 0 Å². The van der Waals surface area contributed by atoms with Crippen molar-refractivity contribution in [2.75, 3.05) is 73.1 Å². The van der Waals surface area contributed by atoms with Crippen LogP contribution in [0.5, 0.6) is 0 Å². The topological polar surface area (TPSA) is 43.3 Å². The number of piperazine rings is 1. The van der Waals surface area contributed by atoms with Crippen molar-refractivity contribution in [2.45, 2.75) is 19.4 Å². The normalized spacial score (nSPS) is 22.0. The van der Waals surface area contributed by atoms with Gasteiger partial charge in [0, 0.05) is 72.4 Å². The summed E-state index contributed by atoms with van der Waals surface area (Å²) in [5.41, 5.74) is 1.42. The van der Waals surface area contributed by atoms with Crippen LogP contribution in [0.4, 0.5) is 0 Å². The Morgan fingerprint density at radius 2 is 1.86 bits per heavy atom. The number of guanidine groups is 1. The molecule has 2 saturated heterocycles. The molecular weight excluding hydrogens is 350 g/mol. The number of nitrogens with one attached hydrogen (secondary N) is 1. The summed E-state index contributed by atoms with van der Waals surface area (Å²) >= 11 is 0. The van der Waals surface area contributed by atoms with Gasteiger partial charge in [-0.1, -0.05) is 30.3 Å². The van der Waals surface area contributed by atoms with E-state index in [1.165, 1.54) is 38.2 Å². The van der Waals surface area contributed by atoms with Gasteiger partial charge in [0.1, 0.15) is 0 Å². The minimum absolute atomic E-state index is 0.635. The van der Waals surface area contributed by atoms with E-state index in [0.717, 1.165) is 51.7 Å². The van der Waals surface area contributed by atoms with Gasteiger partial charge in [-0.05, 0) is 24.9 Å². The maximum absolute atomic E-state index is 5.30. The molecule has 1 N–H and O–H groups in total. The molecule has 0 radical (unpaired) electrons. The van der Waals surface area contributed by atoms with Crippen molar-refractivity contribution < 1.29 is 4.74 Å². The Balaban J connectivity index is 1.28. The first-order valence-electron chi connectivity index (χ1n) is 10.7. The molecule has 0 aromatic heterocycles. The van der Waals surface area contributed by atoms with Gasteiger partial charge in [-0.15, -0.1) is 0 Å². The lowest BCUT2D eigenvalue weighted by Gasteiger charge is -2.34. The third-order valence-corrected chi connectivity index (χ3v) is 5.85. The number of benzene rings is 1. The molecule has 2 heterocycles. The standard InChI is InChI=1S/C22H37N5O/c1-23-22(27-12-9-21(18-27)19-28-2)24-10-6-11-25-13-15-26(16-14-25)17-20-7-4-3-5-8-20/h3-5,7-8,21H,6,9-19H2,1-2H3,(H,23,24). The molecule has 2 aliphatic heterocycles. The highest BCUT2D eigenvalue weighted by Crippen LogP contribution is 2.16. The second-order valence-corrected chi connectivity index (χ2v) is 7.99. The van der Waals surface area contributed by atoms with E-state index < -0.39 is 0 Å². The van der Waals surface area contributed by atoms with Gasteiger partial charge in [0.15, 0.2) is 5.96 Å². The van der Waals surface area contributed by atoms with Crippen molar-refractivity contribution in [3.05, 3.63) is 35.9 Å². The van der Waals surface area contributed by atoms with Crippen LogP contribution in [0.3, 0.4) is 0 Å². The molecule has 3 rings (SSSR count). The van der Waals surface area contributed by atoms with Crippen LogP contribution in [-0.2, 0) is 11.3 Å². The highest BCUT2D eigenvalue weighted by molar-refractivity contribution is 5.80. The van der Waals surface area contributed by atoms with Gasteiger partial charge in [0.2, 0.25) is 0 Å². The quantitative estimate of drug-likeness (QED) is 0.418. The summed E-state index contributed by atoms with van der Waals surface area (Å²) in [5, 5.41) is 3.55. The van der Waals surface area contributed by atoms with Gasteiger partial charge < -0.3 is 19.9 Å². The van der Waals surface area contributed by atoms with E-state index in [9.17, 15) is 0 Å². The Bertz CT molecular complexity index is 586. The Hall–Kier alpha value is -1.63. The van der Waals surface area contributed by atoms with Crippen molar-refractivity contribution in [1.29, 1.82) is 0 Å². The fraction of sp³-hybridized carbons (Fsp3) is 0.682. The molecular formula is C22H37N5O. The number of likely N-dealkylation sites (tertiary alicyclic amines) is 1. The fourth-order valence-corrected chi connectivity index (χ4v) is 4.24. The number of nitrogens with zero attached hydrogens (tertiary/aromatic N) is 4. The lowest BCUT2D eigenvalue weighted by atomic mass is 10.1. The Morgan fingerprint density at radius 3 is 2.57 bits per heavy atom. The molecule has 2 fully saturated rings. The molecule has 6 heteroatoms. The van der Waals surface area contributed by atoms with Crippen LogP contribution in [0.1, 0.15) is 18.4 Å². The molecule has 156 valence electrons. The molecule has 1 aromatic rings. The van der Waals surface area contributed by atoms with Crippen LogP contribution in [0, 0.1) is 5.92 Å². The third kappa shape index (κ3) is 6.47. The summed E-state index contributed by atoms with van der Waals surface area (Å²) in [6, 6.07) is 10.8. The highest BCUT2D eigenvalue weighted by atomic mass is 16.5. The zero-order valence-corrected chi connectivity index (χ0v) is 17.6. The van der Waals surface area contributed by atoms with Crippen molar-refractivity contribution in [3.8, 4) is 0 Å².